The van der Waals surface area contributed by atoms with Gasteiger partial charge < -0.3 is 9.84 Å². The number of anilines is 1. The molecule has 2 heterocycles. The Balaban J connectivity index is 0.000000532. The van der Waals surface area contributed by atoms with E-state index in [0.717, 1.165) is 30.5 Å². The van der Waals surface area contributed by atoms with Crippen LogP contribution in [-0.4, -0.2) is 54.2 Å². The van der Waals surface area contributed by atoms with Crippen molar-refractivity contribution in [3.8, 4) is 5.75 Å². The average Bonchev–Trinajstić information content (AvgIpc) is 3.46. The summed E-state index contributed by atoms with van der Waals surface area (Å²) in [4.78, 5) is 13.9. The number of carboxylic acids is 1. The fraction of sp³-hybridized carbons (Fsp3) is 0.333. The minimum absolute atomic E-state index is 0.00254. The Morgan fingerprint density at radius 3 is 2.46 bits per heavy atom. The lowest BCUT2D eigenvalue weighted by Crippen LogP contribution is -2.36. The number of thiazole rings is 1. The molecule has 1 aliphatic heterocycles. The van der Waals surface area contributed by atoms with E-state index < -0.39 is 44.3 Å². The molecule has 8 nitrogen and oxygen atoms in total. The molecule has 15 heteroatoms. The molecule has 0 bridgehead atoms. The van der Waals surface area contributed by atoms with Crippen molar-refractivity contribution in [2.75, 3.05) is 17.8 Å². The van der Waals surface area contributed by atoms with Gasteiger partial charge in [0.15, 0.2) is 15.8 Å². The van der Waals surface area contributed by atoms with Crippen molar-refractivity contribution < 1.29 is 45.0 Å². The number of rotatable bonds is 7. The molecular weight excluding hydrogens is 569 g/mol. The highest BCUT2D eigenvalue weighted by molar-refractivity contribution is 7.93. The number of halogens is 5. The molecule has 0 aliphatic carbocycles. The molecule has 0 saturated carbocycles. The van der Waals surface area contributed by atoms with Crippen LogP contribution >= 0.6 is 11.3 Å². The Labute approximate surface area is 225 Å². The van der Waals surface area contributed by atoms with Gasteiger partial charge in [-0.1, -0.05) is 30.3 Å². The summed E-state index contributed by atoms with van der Waals surface area (Å²) in [6, 6.07) is 11.0. The van der Waals surface area contributed by atoms with E-state index in [0.29, 0.717) is 13.0 Å². The number of nitrogens with one attached hydrogen (secondary N) is 1. The maximum atomic E-state index is 15.0. The number of benzene rings is 2. The number of carbonyl (C=O) groups is 1. The van der Waals surface area contributed by atoms with E-state index in [2.05, 4.69) is 14.6 Å². The van der Waals surface area contributed by atoms with E-state index >= 15 is 4.39 Å². The molecule has 4 rings (SSSR count). The van der Waals surface area contributed by atoms with Crippen LogP contribution in [0.25, 0.3) is 0 Å². The van der Waals surface area contributed by atoms with Gasteiger partial charge in [-0.3, -0.25) is 9.62 Å². The smallest absolute Gasteiger partial charge is 0.486 e. The second-order valence-electron chi connectivity index (χ2n) is 8.87. The lowest BCUT2D eigenvalue weighted by molar-refractivity contribution is -0.192. The summed E-state index contributed by atoms with van der Waals surface area (Å²) in [6.07, 6.45) is -3.02. The van der Waals surface area contributed by atoms with Crippen molar-refractivity contribution in [2.45, 2.75) is 43.5 Å². The third-order valence-corrected chi connectivity index (χ3v) is 7.85. The normalized spacial score (nSPS) is 17.8. The number of alkyl halides is 3. The Hall–Kier alpha value is -3.30. The summed E-state index contributed by atoms with van der Waals surface area (Å²) in [6.45, 7) is 5.38. The molecule has 0 radical (unpaired) electrons. The molecule has 3 aromatic rings. The van der Waals surface area contributed by atoms with Crippen LogP contribution in [0.4, 0.5) is 27.1 Å². The summed E-state index contributed by atoms with van der Waals surface area (Å²) in [5.74, 6) is -5.15. The zero-order valence-corrected chi connectivity index (χ0v) is 22.3. The zero-order chi connectivity index (χ0) is 29.0. The summed E-state index contributed by atoms with van der Waals surface area (Å²) in [5.41, 5.74) is 0.457. The first-order valence-corrected chi connectivity index (χ1v) is 13.6. The van der Waals surface area contributed by atoms with E-state index in [1.165, 1.54) is 18.7 Å². The molecule has 1 aliphatic rings. The van der Waals surface area contributed by atoms with Crippen LogP contribution < -0.4 is 9.46 Å². The number of likely N-dealkylation sites (tertiary alicyclic amines) is 1. The number of hydrogen-bond donors (Lipinski definition) is 2. The number of aliphatic carboxylic acids is 1. The first kappa shape index (κ1) is 30.2. The van der Waals surface area contributed by atoms with E-state index in [9.17, 15) is 26.0 Å². The van der Waals surface area contributed by atoms with Gasteiger partial charge in [0, 0.05) is 49.3 Å². The second kappa shape index (κ2) is 11.8. The molecule has 212 valence electrons. The third kappa shape index (κ3) is 7.86. The molecule has 1 atom stereocenters. The fourth-order valence-electron chi connectivity index (χ4n) is 3.82. The standard InChI is InChI=1S/C22H23F2N3O3S2.C2HF3O2/c1-15-18(30-22(2)8-10-27(14-22)13-16-6-4-3-5-7-16)12-17(23)20(19(15)24)32(28,29)26-21-25-9-11-31-21;3-2(4,5)1(6)7/h3-7,9,11-12H,8,10,13-14H2,1-2H3,(H,25,26);(H,6,7)/t22-;/m1./s1. The molecule has 0 spiro atoms. The predicted molar refractivity (Wildman–Crippen MR) is 133 cm³/mol. The van der Waals surface area contributed by atoms with Gasteiger partial charge >= 0.3 is 12.1 Å². The van der Waals surface area contributed by atoms with Crippen LogP contribution in [0.15, 0.2) is 52.9 Å². The van der Waals surface area contributed by atoms with Crippen molar-refractivity contribution in [3.05, 3.63) is 70.7 Å². The molecular formula is C24H24F5N3O5S2. The zero-order valence-electron chi connectivity index (χ0n) is 20.6. The molecule has 2 N–H and O–H groups in total. The molecule has 0 amide bonds. The molecule has 1 fully saturated rings. The van der Waals surface area contributed by atoms with Crippen LogP contribution in [0, 0.1) is 18.6 Å². The Kier molecular flexibility index (Phi) is 9.18. The maximum Gasteiger partial charge on any atom is 0.490 e. The van der Waals surface area contributed by atoms with Crippen molar-refractivity contribution in [1.82, 2.24) is 9.88 Å². The second-order valence-corrected chi connectivity index (χ2v) is 11.4. The van der Waals surface area contributed by atoms with Crippen LogP contribution in [-0.2, 0) is 21.4 Å². The highest BCUT2D eigenvalue weighted by atomic mass is 32.2. The molecule has 1 saturated heterocycles. The lowest BCUT2D eigenvalue weighted by Gasteiger charge is -2.28. The van der Waals surface area contributed by atoms with Gasteiger partial charge in [0.2, 0.25) is 0 Å². The highest BCUT2D eigenvalue weighted by Crippen LogP contribution is 2.35. The number of carboxylic acid groups (broad SMARTS) is 1. The number of aromatic nitrogens is 1. The molecule has 0 unspecified atom stereocenters. The monoisotopic (exact) mass is 593 g/mol. The summed E-state index contributed by atoms with van der Waals surface area (Å²) in [7, 11) is -4.49. The van der Waals surface area contributed by atoms with Crippen LogP contribution in [0.1, 0.15) is 24.5 Å². The van der Waals surface area contributed by atoms with Gasteiger partial charge in [0.25, 0.3) is 10.0 Å². The number of ether oxygens (including phenoxy) is 1. The number of nitrogens with zero attached hydrogens (tertiary/aromatic N) is 2. The minimum atomic E-state index is -5.08. The highest BCUT2D eigenvalue weighted by Gasteiger charge is 2.39. The quantitative estimate of drug-likeness (QED) is 0.362. The van der Waals surface area contributed by atoms with Crippen molar-refractivity contribution in [2.24, 2.45) is 0 Å². The number of hydrogen-bond acceptors (Lipinski definition) is 7. The average molecular weight is 594 g/mol. The van der Waals surface area contributed by atoms with Crippen molar-refractivity contribution >= 4 is 32.5 Å². The molecule has 39 heavy (non-hydrogen) atoms. The Morgan fingerprint density at radius 2 is 1.90 bits per heavy atom. The van der Waals surface area contributed by atoms with Gasteiger partial charge in [-0.25, -0.2) is 27.0 Å². The van der Waals surface area contributed by atoms with Gasteiger partial charge in [-0.15, -0.1) is 11.3 Å². The van der Waals surface area contributed by atoms with Gasteiger partial charge in [0.1, 0.15) is 17.2 Å². The maximum absolute atomic E-state index is 15.0. The van der Waals surface area contributed by atoms with Gasteiger partial charge in [0.05, 0.1) is 0 Å². The first-order chi connectivity index (χ1) is 18.1. The first-order valence-electron chi connectivity index (χ1n) is 11.3. The van der Waals surface area contributed by atoms with E-state index in [1.807, 2.05) is 37.3 Å². The third-order valence-electron chi connectivity index (χ3n) is 5.66. The number of sulfonamides is 1. The van der Waals surface area contributed by atoms with E-state index in [1.54, 1.807) is 5.38 Å². The molecule has 2 aromatic carbocycles. The SMILES string of the molecule is Cc1c(O[C@]2(C)CCN(Cc3ccccc3)C2)cc(F)c(S(=O)(=O)Nc2nccs2)c1F.O=C(O)C(F)(F)F. The summed E-state index contributed by atoms with van der Waals surface area (Å²) < 4.78 is 94.9. The molecule has 1 aromatic heterocycles. The van der Waals surface area contributed by atoms with Gasteiger partial charge in [-0.2, -0.15) is 13.2 Å². The fourth-order valence-corrected chi connectivity index (χ4v) is 5.80. The van der Waals surface area contributed by atoms with Crippen LogP contribution in [0.2, 0.25) is 0 Å². The van der Waals surface area contributed by atoms with Crippen molar-refractivity contribution in [3.63, 3.8) is 0 Å². The minimum Gasteiger partial charge on any atom is -0.486 e. The van der Waals surface area contributed by atoms with E-state index in [-0.39, 0.29) is 16.4 Å². The van der Waals surface area contributed by atoms with Gasteiger partial charge in [-0.05, 0) is 19.4 Å². The summed E-state index contributed by atoms with van der Waals surface area (Å²) >= 11 is 1.01. The van der Waals surface area contributed by atoms with Crippen LogP contribution in [0.3, 0.4) is 0 Å². The largest absolute Gasteiger partial charge is 0.490 e. The Bertz CT molecular complexity index is 1400. The topological polar surface area (TPSA) is 109 Å². The summed E-state index contributed by atoms with van der Waals surface area (Å²) in [5, 5.41) is 8.70. The van der Waals surface area contributed by atoms with Crippen LogP contribution in [0.5, 0.6) is 5.75 Å². The Morgan fingerprint density at radius 1 is 1.26 bits per heavy atom. The lowest BCUT2D eigenvalue weighted by atomic mass is 10.1. The van der Waals surface area contributed by atoms with E-state index in [4.69, 9.17) is 14.6 Å². The predicted octanol–water partition coefficient (Wildman–Crippen LogP) is 5.21. The van der Waals surface area contributed by atoms with Crippen molar-refractivity contribution in [1.29, 1.82) is 0 Å².